The lowest BCUT2D eigenvalue weighted by Crippen LogP contribution is -2.40. The predicted octanol–water partition coefficient (Wildman–Crippen LogP) is 3.61. The molecule has 3 fully saturated rings. The number of nitrogens with two attached hydrogens (primary N) is 1. The fourth-order valence-corrected chi connectivity index (χ4v) is 7.59. The Labute approximate surface area is 199 Å². The van der Waals surface area contributed by atoms with E-state index in [4.69, 9.17) is 15.8 Å². The number of aryl methyl sites for hydroxylation is 1. The van der Waals surface area contributed by atoms with Crippen molar-refractivity contribution in [2.24, 2.45) is 5.73 Å². The number of aromatic nitrogens is 3. The van der Waals surface area contributed by atoms with Gasteiger partial charge >= 0.3 is 0 Å². The highest BCUT2D eigenvalue weighted by atomic mass is 32.2. The molecular weight excluding hydrogens is 432 g/mol. The Hall–Kier alpha value is -2.06. The van der Waals surface area contributed by atoms with Gasteiger partial charge in [0.2, 0.25) is 0 Å². The lowest BCUT2D eigenvalue weighted by Gasteiger charge is -2.35. The lowest BCUT2D eigenvalue weighted by atomic mass is 9.90. The molecule has 0 aromatic carbocycles. The fourth-order valence-electron chi connectivity index (χ4n) is 6.12. The van der Waals surface area contributed by atoms with Gasteiger partial charge in [-0.1, -0.05) is 6.42 Å². The van der Waals surface area contributed by atoms with Crippen LogP contribution in [0.2, 0.25) is 0 Å². The molecule has 0 bridgehead atoms. The van der Waals surface area contributed by atoms with Crippen molar-refractivity contribution in [1.82, 2.24) is 19.5 Å². The van der Waals surface area contributed by atoms with Crippen molar-refractivity contribution >= 4 is 29.1 Å². The van der Waals surface area contributed by atoms with Crippen molar-refractivity contribution in [2.75, 3.05) is 30.3 Å². The van der Waals surface area contributed by atoms with Crippen LogP contribution in [0.4, 0.5) is 5.82 Å². The molecule has 2 unspecified atom stereocenters. The first-order chi connectivity index (χ1) is 16.1. The van der Waals surface area contributed by atoms with Gasteiger partial charge in [0, 0.05) is 60.1 Å². The zero-order chi connectivity index (χ0) is 22.5. The van der Waals surface area contributed by atoms with E-state index in [0.717, 1.165) is 85.8 Å². The molecule has 0 radical (unpaired) electrons. The largest absolute Gasteiger partial charge is 0.355 e. The monoisotopic (exact) mass is 466 g/mol. The van der Waals surface area contributed by atoms with E-state index in [1.54, 1.807) is 0 Å². The fraction of sp³-hybridized carbons (Fsp3) is 0.640. The summed E-state index contributed by atoms with van der Waals surface area (Å²) in [4.78, 5) is 23.1. The maximum atomic E-state index is 13.8. The standard InChI is InChI=1S/C25H34N6OS/c1-16-13-31-23(27-24(16)29-11-9-17(26)14-29)12-20(28-31)21-7-4-5-10-30(21)25(32)19-15-33-22-8-3-2-6-18(19)22/h12-13,17,21-22H,2-11,14-15,26H2,1H3/t17?,21-,22?/m0/s1. The first-order valence-electron chi connectivity index (χ1n) is 12.6. The van der Waals surface area contributed by atoms with E-state index in [1.807, 2.05) is 16.3 Å². The van der Waals surface area contributed by atoms with E-state index in [9.17, 15) is 4.79 Å². The van der Waals surface area contributed by atoms with Crippen LogP contribution in [0.25, 0.3) is 5.65 Å². The third kappa shape index (κ3) is 3.85. The normalized spacial score (nSPS) is 28.1. The van der Waals surface area contributed by atoms with Crippen molar-refractivity contribution in [3.63, 3.8) is 0 Å². The van der Waals surface area contributed by atoms with E-state index in [2.05, 4.69) is 29.0 Å². The molecule has 4 aliphatic rings. The molecule has 2 aromatic heterocycles. The van der Waals surface area contributed by atoms with Crippen LogP contribution in [0.15, 0.2) is 23.4 Å². The molecule has 3 atom stereocenters. The Morgan fingerprint density at radius 2 is 2.03 bits per heavy atom. The highest BCUT2D eigenvalue weighted by Crippen LogP contribution is 2.43. The average Bonchev–Trinajstić information content (AvgIpc) is 3.55. The molecule has 3 aliphatic heterocycles. The van der Waals surface area contributed by atoms with Gasteiger partial charge in [0.05, 0.1) is 11.7 Å². The van der Waals surface area contributed by atoms with E-state index in [-0.39, 0.29) is 18.0 Å². The number of likely N-dealkylation sites (tertiary alicyclic amines) is 1. The van der Waals surface area contributed by atoms with Crippen molar-refractivity contribution in [3.8, 4) is 0 Å². The number of piperidine rings is 1. The minimum absolute atomic E-state index is 0.0395. The second-order valence-electron chi connectivity index (χ2n) is 10.2. The number of amides is 1. The molecule has 0 spiro atoms. The average molecular weight is 467 g/mol. The van der Waals surface area contributed by atoms with Crippen LogP contribution in [0, 0.1) is 6.92 Å². The summed E-state index contributed by atoms with van der Waals surface area (Å²) in [6.45, 7) is 4.72. The first kappa shape index (κ1) is 21.5. The molecule has 176 valence electrons. The van der Waals surface area contributed by atoms with Gasteiger partial charge in [-0.2, -0.15) is 5.10 Å². The molecule has 1 amide bonds. The number of hydrogen-bond acceptors (Lipinski definition) is 6. The number of thioether (sulfide) groups is 1. The van der Waals surface area contributed by atoms with Gasteiger partial charge in [0.15, 0.2) is 5.65 Å². The number of carbonyl (C=O) groups is 1. The molecule has 8 heteroatoms. The van der Waals surface area contributed by atoms with Gasteiger partial charge in [-0.25, -0.2) is 9.50 Å². The van der Waals surface area contributed by atoms with Gasteiger partial charge in [-0.15, -0.1) is 11.8 Å². The molecule has 33 heavy (non-hydrogen) atoms. The zero-order valence-electron chi connectivity index (χ0n) is 19.5. The van der Waals surface area contributed by atoms with Crippen LogP contribution in [0.5, 0.6) is 0 Å². The second kappa shape index (κ2) is 8.62. The number of nitrogens with zero attached hydrogens (tertiary/aromatic N) is 5. The van der Waals surface area contributed by atoms with Crippen LogP contribution >= 0.6 is 11.8 Å². The van der Waals surface area contributed by atoms with Gasteiger partial charge in [-0.3, -0.25) is 4.79 Å². The summed E-state index contributed by atoms with van der Waals surface area (Å²) in [5.74, 6) is 2.16. The maximum Gasteiger partial charge on any atom is 0.251 e. The van der Waals surface area contributed by atoms with Gasteiger partial charge < -0.3 is 15.5 Å². The topological polar surface area (TPSA) is 79.8 Å². The maximum absolute atomic E-state index is 13.8. The predicted molar refractivity (Wildman–Crippen MR) is 133 cm³/mol. The summed E-state index contributed by atoms with van der Waals surface area (Å²) in [5, 5.41) is 5.50. The second-order valence-corrected chi connectivity index (χ2v) is 11.4. The number of rotatable bonds is 3. The third-order valence-corrected chi connectivity index (χ3v) is 9.26. The highest BCUT2D eigenvalue weighted by Gasteiger charge is 2.37. The third-order valence-electron chi connectivity index (χ3n) is 7.88. The smallest absolute Gasteiger partial charge is 0.251 e. The molecule has 2 N–H and O–H groups in total. The molecule has 1 aliphatic carbocycles. The Bertz CT molecular complexity index is 1110. The quantitative estimate of drug-likeness (QED) is 0.744. The summed E-state index contributed by atoms with van der Waals surface area (Å²) in [5.41, 5.74) is 11.6. The summed E-state index contributed by atoms with van der Waals surface area (Å²) >= 11 is 1.98. The van der Waals surface area contributed by atoms with Crippen molar-refractivity contribution in [1.29, 1.82) is 0 Å². The summed E-state index contributed by atoms with van der Waals surface area (Å²) in [6, 6.07) is 2.36. The highest BCUT2D eigenvalue weighted by molar-refractivity contribution is 8.00. The van der Waals surface area contributed by atoms with E-state index in [1.165, 1.54) is 24.8 Å². The van der Waals surface area contributed by atoms with Crippen LogP contribution in [0.3, 0.4) is 0 Å². The van der Waals surface area contributed by atoms with Crippen LogP contribution in [0.1, 0.15) is 68.7 Å². The molecule has 7 nitrogen and oxygen atoms in total. The van der Waals surface area contributed by atoms with Crippen molar-refractivity contribution < 1.29 is 4.79 Å². The van der Waals surface area contributed by atoms with E-state index < -0.39 is 0 Å². The lowest BCUT2D eigenvalue weighted by molar-refractivity contribution is -0.130. The SMILES string of the molecule is Cc1cn2nc([C@@H]3CCCCN3C(=O)C3=C4CCCCC4SC3)cc2nc1N1CCC(N)C1. The van der Waals surface area contributed by atoms with Crippen molar-refractivity contribution in [3.05, 3.63) is 34.7 Å². The Kier molecular flexibility index (Phi) is 5.61. The number of anilines is 1. The molecule has 6 rings (SSSR count). The number of hydrogen-bond donors (Lipinski definition) is 1. The zero-order valence-corrected chi connectivity index (χ0v) is 20.3. The first-order valence-corrected chi connectivity index (χ1v) is 13.7. The Morgan fingerprint density at radius 3 is 2.88 bits per heavy atom. The molecule has 2 saturated heterocycles. The molecular formula is C25H34N6OS. The van der Waals surface area contributed by atoms with Crippen molar-refractivity contribution in [2.45, 2.75) is 75.6 Å². The van der Waals surface area contributed by atoms with Crippen LogP contribution in [-0.2, 0) is 4.79 Å². The molecule has 2 aromatic rings. The van der Waals surface area contributed by atoms with E-state index in [0.29, 0.717) is 5.25 Å². The minimum atomic E-state index is 0.0395. The van der Waals surface area contributed by atoms with Crippen LogP contribution in [-0.4, -0.2) is 62.1 Å². The van der Waals surface area contributed by atoms with Gasteiger partial charge in [0.1, 0.15) is 5.82 Å². The Morgan fingerprint density at radius 1 is 1.15 bits per heavy atom. The molecule has 5 heterocycles. The minimum Gasteiger partial charge on any atom is -0.355 e. The molecule has 1 saturated carbocycles. The summed E-state index contributed by atoms with van der Waals surface area (Å²) in [7, 11) is 0. The summed E-state index contributed by atoms with van der Waals surface area (Å²) in [6.07, 6.45) is 11.1. The van der Waals surface area contributed by atoms with E-state index >= 15 is 0 Å². The van der Waals surface area contributed by atoms with Gasteiger partial charge in [0.25, 0.3) is 5.91 Å². The van der Waals surface area contributed by atoms with Gasteiger partial charge in [-0.05, 0) is 57.4 Å². The number of fused-ring (bicyclic) bond motifs is 2. The van der Waals surface area contributed by atoms with Crippen LogP contribution < -0.4 is 10.6 Å². The number of carbonyl (C=O) groups excluding carboxylic acids is 1. The Balaban J connectivity index is 1.31. The summed E-state index contributed by atoms with van der Waals surface area (Å²) < 4.78 is 1.89.